The summed E-state index contributed by atoms with van der Waals surface area (Å²) in [6, 6.07) is 2.26. The Kier molecular flexibility index (Phi) is 4.54. The molecule has 1 aliphatic heterocycles. The summed E-state index contributed by atoms with van der Waals surface area (Å²) in [5, 5.41) is 16.2. The molecule has 5 nitrogen and oxygen atoms in total. The number of carbonyl (C=O) groups is 1. The molecular formula is C15H19N3O2S. The lowest BCUT2D eigenvalue weighted by atomic mass is 9.96. The fourth-order valence-electron chi connectivity index (χ4n) is 2.91. The lowest BCUT2D eigenvalue weighted by molar-refractivity contribution is -0.119. The normalized spacial score (nSPS) is 21.4. The van der Waals surface area contributed by atoms with Crippen molar-refractivity contribution >= 4 is 22.2 Å². The van der Waals surface area contributed by atoms with E-state index >= 15 is 0 Å². The van der Waals surface area contributed by atoms with Crippen LogP contribution < -0.4 is 10.6 Å². The van der Waals surface area contributed by atoms with E-state index in [0.29, 0.717) is 25.1 Å². The molecule has 0 saturated carbocycles. The molecule has 1 amide bonds. The maximum absolute atomic E-state index is 12.1. The Morgan fingerprint density at radius 3 is 3.10 bits per heavy atom. The van der Waals surface area contributed by atoms with Crippen LogP contribution >= 0.6 is 11.3 Å². The molecule has 1 saturated heterocycles. The number of aryl methyl sites for hydroxylation is 1. The van der Waals surface area contributed by atoms with Crippen molar-refractivity contribution in [2.45, 2.75) is 38.2 Å². The van der Waals surface area contributed by atoms with E-state index in [4.69, 9.17) is 4.74 Å². The largest absolute Gasteiger partial charge is 0.375 e. The van der Waals surface area contributed by atoms with Crippen LogP contribution in [0.15, 0.2) is 0 Å². The average Bonchev–Trinajstić information content (AvgIpc) is 2.85. The third-order valence-electron chi connectivity index (χ3n) is 3.95. The van der Waals surface area contributed by atoms with Crippen LogP contribution in [0.4, 0.5) is 5.00 Å². The Morgan fingerprint density at radius 2 is 2.33 bits per heavy atom. The summed E-state index contributed by atoms with van der Waals surface area (Å²) >= 11 is 1.57. The molecule has 0 radical (unpaired) electrons. The second kappa shape index (κ2) is 6.56. The van der Waals surface area contributed by atoms with Gasteiger partial charge in [0.25, 0.3) is 0 Å². The molecule has 0 bridgehead atoms. The van der Waals surface area contributed by atoms with Crippen molar-refractivity contribution in [1.29, 1.82) is 5.26 Å². The first-order valence-electron chi connectivity index (χ1n) is 7.44. The maximum atomic E-state index is 12.1. The highest BCUT2D eigenvalue weighted by molar-refractivity contribution is 7.16. The summed E-state index contributed by atoms with van der Waals surface area (Å²) in [5.74, 6) is -0.0706. The molecule has 6 heteroatoms. The van der Waals surface area contributed by atoms with Crippen LogP contribution in [0.3, 0.4) is 0 Å². The van der Waals surface area contributed by atoms with Crippen molar-refractivity contribution in [3.8, 4) is 6.07 Å². The maximum Gasteiger partial charge on any atom is 0.227 e. The van der Waals surface area contributed by atoms with Crippen molar-refractivity contribution in [3.63, 3.8) is 0 Å². The fraction of sp³-hybridized carbons (Fsp3) is 0.600. The van der Waals surface area contributed by atoms with Gasteiger partial charge in [-0.15, -0.1) is 11.3 Å². The van der Waals surface area contributed by atoms with Gasteiger partial charge in [0.15, 0.2) is 0 Å². The van der Waals surface area contributed by atoms with Gasteiger partial charge in [-0.3, -0.25) is 4.79 Å². The third kappa shape index (κ3) is 3.26. The summed E-state index contributed by atoms with van der Waals surface area (Å²) in [6.45, 7) is 2.20. The van der Waals surface area contributed by atoms with E-state index in [2.05, 4.69) is 16.7 Å². The van der Waals surface area contributed by atoms with Gasteiger partial charge in [0.05, 0.1) is 24.7 Å². The van der Waals surface area contributed by atoms with Crippen LogP contribution in [0, 0.1) is 11.3 Å². The number of nitrogens with one attached hydrogen (secondary N) is 2. The Bertz CT molecular complexity index is 570. The van der Waals surface area contributed by atoms with Crippen LogP contribution in [-0.2, 0) is 22.4 Å². The first kappa shape index (κ1) is 14.5. The zero-order chi connectivity index (χ0) is 14.7. The summed E-state index contributed by atoms with van der Waals surface area (Å²) in [5.41, 5.74) is 1.82. The summed E-state index contributed by atoms with van der Waals surface area (Å²) in [4.78, 5) is 13.4. The molecule has 3 rings (SSSR count). The summed E-state index contributed by atoms with van der Waals surface area (Å²) in [7, 11) is 0. The van der Waals surface area contributed by atoms with E-state index in [9.17, 15) is 10.1 Å². The summed E-state index contributed by atoms with van der Waals surface area (Å²) < 4.78 is 5.54. The van der Waals surface area contributed by atoms with Gasteiger partial charge >= 0.3 is 0 Å². The first-order chi connectivity index (χ1) is 10.3. The zero-order valence-corrected chi connectivity index (χ0v) is 12.7. The second-order valence-corrected chi connectivity index (χ2v) is 6.58. The van der Waals surface area contributed by atoms with E-state index < -0.39 is 0 Å². The predicted octanol–water partition coefficient (Wildman–Crippen LogP) is 1.82. The van der Waals surface area contributed by atoms with Crippen LogP contribution in [0.1, 0.15) is 35.3 Å². The van der Waals surface area contributed by atoms with E-state index in [1.165, 1.54) is 11.3 Å². The van der Waals surface area contributed by atoms with E-state index in [1.807, 2.05) is 0 Å². The quantitative estimate of drug-likeness (QED) is 0.893. The number of nitrogens with zero attached hydrogens (tertiary/aromatic N) is 1. The fourth-order valence-corrected chi connectivity index (χ4v) is 4.16. The molecule has 1 aromatic heterocycles. The van der Waals surface area contributed by atoms with Crippen LogP contribution in [0.5, 0.6) is 0 Å². The highest BCUT2D eigenvalue weighted by atomic mass is 32.1. The van der Waals surface area contributed by atoms with Crippen LogP contribution in [0.2, 0.25) is 0 Å². The van der Waals surface area contributed by atoms with E-state index in [0.717, 1.165) is 36.4 Å². The monoisotopic (exact) mass is 305 g/mol. The van der Waals surface area contributed by atoms with Gasteiger partial charge < -0.3 is 15.4 Å². The van der Waals surface area contributed by atoms with Gasteiger partial charge in [-0.25, -0.2) is 0 Å². The minimum Gasteiger partial charge on any atom is -0.375 e. The molecule has 1 atom stereocenters. The lowest BCUT2D eigenvalue weighted by Crippen LogP contribution is -2.40. The summed E-state index contributed by atoms with van der Waals surface area (Å²) in [6.07, 6.45) is 4.56. The van der Waals surface area contributed by atoms with Gasteiger partial charge in [-0.1, -0.05) is 0 Å². The van der Waals surface area contributed by atoms with Crippen molar-refractivity contribution in [3.05, 3.63) is 16.0 Å². The third-order valence-corrected chi connectivity index (χ3v) is 5.16. The molecule has 0 spiro atoms. The average molecular weight is 305 g/mol. The number of ether oxygens (including phenoxy) is 1. The topological polar surface area (TPSA) is 74.2 Å². The molecule has 0 aromatic carbocycles. The van der Waals surface area contributed by atoms with Crippen molar-refractivity contribution in [2.75, 3.05) is 25.0 Å². The van der Waals surface area contributed by atoms with Crippen LogP contribution in [0.25, 0.3) is 0 Å². The highest BCUT2D eigenvalue weighted by Gasteiger charge is 2.23. The molecule has 2 heterocycles. The number of thiophene rings is 1. The highest BCUT2D eigenvalue weighted by Crippen LogP contribution is 2.37. The number of nitriles is 1. The first-order valence-corrected chi connectivity index (χ1v) is 8.26. The molecule has 21 heavy (non-hydrogen) atoms. The predicted molar refractivity (Wildman–Crippen MR) is 81.5 cm³/mol. The van der Waals surface area contributed by atoms with Crippen LogP contribution in [-0.4, -0.2) is 31.7 Å². The number of morpholine rings is 1. The zero-order valence-electron chi connectivity index (χ0n) is 11.9. The number of hydrogen-bond donors (Lipinski definition) is 2. The van der Waals surface area contributed by atoms with Gasteiger partial charge in [0.1, 0.15) is 11.1 Å². The van der Waals surface area contributed by atoms with Crippen molar-refractivity contribution < 1.29 is 9.53 Å². The number of rotatable bonds is 3. The standard InChI is InChI=1S/C15H19N3O2S/c16-8-12-11-3-1-2-4-13(11)21-15(12)18-14(19)7-10-9-17-5-6-20-10/h10,17H,1-7,9H2,(H,18,19). The molecule has 1 aliphatic carbocycles. The van der Waals surface area contributed by atoms with Gasteiger partial charge in [0.2, 0.25) is 5.91 Å². The van der Waals surface area contributed by atoms with Gasteiger partial charge in [0, 0.05) is 18.0 Å². The molecule has 2 N–H and O–H groups in total. The molecule has 1 aromatic rings. The molecule has 1 fully saturated rings. The smallest absolute Gasteiger partial charge is 0.227 e. The van der Waals surface area contributed by atoms with E-state index in [1.54, 1.807) is 11.3 Å². The Labute approximate surface area is 128 Å². The lowest BCUT2D eigenvalue weighted by Gasteiger charge is -2.22. The number of carbonyl (C=O) groups excluding carboxylic acids is 1. The minimum absolute atomic E-state index is 0.0705. The van der Waals surface area contributed by atoms with Gasteiger partial charge in [-0.2, -0.15) is 5.26 Å². The molecule has 1 unspecified atom stereocenters. The van der Waals surface area contributed by atoms with Crippen molar-refractivity contribution in [2.24, 2.45) is 0 Å². The Hall–Kier alpha value is -1.42. The number of anilines is 1. The molecule has 2 aliphatic rings. The van der Waals surface area contributed by atoms with Crippen molar-refractivity contribution in [1.82, 2.24) is 5.32 Å². The Morgan fingerprint density at radius 1 is 1.48 bits per heavy atom. The number of amides is 1. The van der Waals surface area contributed by atoms with Gasteiger partial charge in [-0.05, 0) is 31.2 Å². The number of hydrogen-bond acceptors (Lipinski definition) is 5. The minimum atomic E-state index is -0.0706. The SMILES string of the molecule is N#Cc1c(NC(=O)CC2CNCCO2)sc2c1CCCC2. The Balaban J connectivity index is 1.68. The molecular weight excluding hydrogens is 286 g/mol. The second-order valence-electron chi connectivity index (χ2n) is 5.48. The number of fused-ring (bicyclic) bond motifs is 1. The van der Waals surface area contributed by atoms with E-state index in [-0.39, 0.29) is 12.0 Å². The molecule has 112 valence electrons.